The average Bonchev–Trinajstić information content (AvgIpc) is 3.36. The third-order valence-electron chi connectivity index (χ3n) is 4.35. The number of hydrogen-bond acceptors (Lipinski definition) is 5. The van der Waals surface area contributed by atoms with Gasteiger partial charge in [-0.2, -0.15) is 5.10 Å². The molecule has 0 aliphatic heterocycles. The highest BCUT2D eigenvalue weighted by Crippen LogP contribution is 2.27. The van der Waals surface area contributed by atoms with E-state index in [1.165, 1.54) is 6.33 Å². The lowest BCUT2D eigenvalue weighted by Gasteiger charge is -2.07. The zero-order valence-corrected chi connectivity index (χ0v) is 16.1. The van der Waals surface area contributed by atoms with Crippen molar-refractivity contribution in [3.05, 3.63) is 71.5 Å². The van der Waals surface area contributed by atoms with Gasteiger partial charge in [-0.05, 0) is 49.4 Å². The first-order valence-corrected chi connectivity index (χ1v) is 9.11. The van der Waals surface area contributed by atoms with Crippen LogP contribution in [0.25, 0.3) is 16.7 Å². The van der Waals surface area contributed by atoms with Gasteiger partial charge in [-0.25, -0.2) is 9.67 Å². The van der Waals surface area contributed by atoms with Crippen LogP contribution in [0.2, 0.25) is 5.02 Å². The van der Waals surface area contributed by atoms with Crippen LogP contribution in [0.4, 0.5) is 5.69 Å². The Hall–Kier alpha value is -3.65. The van der Waals surface area contributed by atoms with Gasteiger partial charge in [0.15, 0.2) is 5.76 Å². The van der Waals surface area contributed by atoms with Gasteiger partial charge in [-0.1, -0.05) is 11.6 Å². The van der Waals surface area contributed by atoms with E-state index < -0.39 is 5.91 Å². The fraction of sp³-hybridized carbons (Fsp3) is 0.100. The van der Waals surface area contributed by atoms with E-state index in [0.29, 0.717) is 21.9 Å². The molecular weight excluding hydrogens is 394 g/mol. The average molecular weight is 410 g/mol. The van der Waals surface area contributed by atoms with Crippen molar-refractivity contribution in [1.29, 1.82) is 0 Å². The van der Waals surface area contributed by atoms with Crippen LogP contribution in [0.5, 0.6) is 0 Å². The number of carbonyl (C=O) groups is 2. The Labute approximate surface area is 170 Å². The maximum absolute atomic E-state index is 12.4. The van der Waals surface area contributed by atoms with Crippen LogP contribution in [0, 0.1) is 6.92 Å². The van der Waals surface area contributed by atoms with Crippen molar-refractivity contribution in [3.63, 3.8) is 0 Å². The molecule has 0 saturated carbocycles. The van der Waals surface area contributed by atoms with Crippen molar-refractivity contribution < 1.29 is 14.0 Å². The summed E-state index contributed by atoms with van der Waals surface area (Å²) in [7, 11) is 0. The molecule has 0 saturated heterocycles. The lowest BCUT2D eigenvalue weighted by Crippen LogP contribution is -2.32. The summed E-state index contributed by atoms with van der Waals surface area (Å²) in [6.07, 6.45) is 3.02. The first kappa shape index (κ1) is 18.7. The second-order valence-corrected chi connectivity index (χ2v) is 6.75. The molecule has 146 valence electrons. The smallest absolute Gasteiger partial charge is 0.287 e. The maximum atomic E-state index is 12.4. The summed E-state index contributed by atoms with van der Waals surface area (Å²) in [5.41, 5.74) is 2.65. The normalized spacial score (nSPS) is 10.8. The molecule has 2 aromatic heterocycles. The molecule has 0 aliphatic rings. The Morgan fingerprint density at radius 3 is 2.69 bits per heavy atom. The number of amides is 2. The summed E-state index contributed by atoms with van der Waals surface area (Å²) in [5.74, 6) is -0.664. The van der Waals surface area contributed by atoms with E-state index in [1.54, 1.807) is 60.4 Å². The molecule has 2 aromatic carbocycles. The molecule has 8 nitrogen and oxygen atoms in total. The molecule has 0 bridgehead atoms. The van der Waals surface area contributed by atoms with Gasteiger partial charge >= 0.3 is 0 Å². The molecule has 4 aromatic rings. The van der Waals surface area contributed by atoms with Crippen LogP contribution < -0.4 is 10.6 Å². The molecule has 9 heteroatoms. The number of hydrogen-bond donors (Lipinski definition) is 2. The van der Waals surface area contributed by atoms with Crippen LogP contribution in [-0.4, -0.2) is 33.1 Å². The van der Waals surface area contributed by atoms with E-state index in [1.807, 2.05) is 0 Å². The number of benzene rings is 2. The number of carbonyl (C=O) groups excluding carboxylic acids is 2. The highest BCUT2D eigenvalue weighted by molar-refractivity contribution is 6.31. The molecule has 0 atom stereocenters. The van der Waals surface area contributed by atoms with Gasteiger partial charge in [0.05, 0.1) is 12.2 Å². The number of anilines is 1. The number of furan rings is 1. The van der Waals surface area contributed by atoms with Crippen LogP contribution in [0.3, 0.4) is 0 Å². The molecule has 4 rings (SSSR count). The van der Waals surface area contributed by atoms with Crippen molar-refractivity contribution in [2.45, 2.75) is 6.92 Å². The number of halogens is 1. The van der Waals surface area contributed by atoms with Crippen molar-refractivity contribution in [2.75, 3.05) is 11.9 Å². The number of aryl methyl sites for hydroxylation is 1. The predicted octanol–water partition coefficient (Wildman–Crippen LogP) is 3.34. The Morgan fingerprint density at radius 1 is 1.17 bits per heavy atom. The second-order valence-electron chi connectivity index (χ2n) is 6.31. The molecule has 0 fully saturated rings. The number of fused-ring (bicyclic) bond motifs is 1. The van der Waals surface area contributed by atoms with E-state index in [2.05, 4.69) is 20.7 Å². The SMILES string of the molecule is Cc1c(C(=O)NCC(=O)Nc2ccc(-n3cncn3)cc2)oc2ccc(Cl)cc12. The molecule has 2 N–H and O–H groups in total. The summed E-state index contributed by atoms with van der Waals surface area (Å²) in [5, 5.41) is 10.7. The molecule has 0 spiro atoms. The van der Waals surface area contributed by atoms with Gasteiger partial charge in [-0.3, -0.25) is 9.59 Å². The van der Waals surface area contributed by atoms with Gasteiger partial charge in [0.1, 0.15) is 18.2 Å². The minimum absolute atomic E-state index is 0.159. The highest BCUT2D eigenvalue weighted by atomic mass is 35.5. The van der Waals surface area contributed by atoms with Crippen LogP contribution in [-0.2, 0) is 4.79 Å². The minimum atomic E-state index is -0.466. The quantitative estimate of drug-likeness (QED) is 0.526. The van der Waals surface area contributed by atoms with Gasteiger partial charge in [-0.15, -0.1) is 0 Å². The zero-order valence-electron chi connectivity index (χ0n) is 15.3. The van der Waals surface area contributed by atoms with E-state index in [9.17, 15) is 9.59 Å². The largest absolute Gasteiger partial charge is 0.451 e. The fourth-order valence-electron chi connectivity index (χ4n) is 2.89. The zero-order chi connectivity index (χ0) is 20.4. The van der Waals surface area contributed by atoms with E-state index in [4.69, 9.17) is 16.0 Å². The van der Waals surface area contributed by atoms with E-state index >= 15 is 0 Å². The molecule has 29 heavy (non-hydrogen) atoms. The van der Waals surface area contributed by atoms with Crippen LogP contribution >= 0.6 is 11.6 Å². The van der Waals surface area contributed by atoms with E-state index in [0.717, 1.165) is 11.1 Å². The second kappa shape index (κ2) is 7.76. The lowest BCUT2D eigenvalue weighted by atomic mass is 10.1. The van der Waals surface area contributed by atoms with E-state index in [-0.39, 0.29) is 18.2 Å². The lowest BCUT2D eigenvalue weighted by molar-refractivity contribution is -0.115. The Kier molecular flexibility index (Phi) is 5.01. The minimum Gasteiger partial charge on any atom is -0.451 e. The number of nitrogens with one attached hydrogen (secondary N) is 2. The molecule has 0 aliphatic carbocycles. The Morgan fingerprint density at radius 2 is 1.97 bits per heavy atom. The number of aromatic nitrogens is 3. The van der Waals surface area contributed by atoms with Crippen molar-refractivity contribution >= 4 is 40.1 Å². The Balaban J connectivity index is 1.37. The van der Waals surface area contributed by atoms with Gasteiger partial charge in [0.25, 0.3) is 5.91 Å². The molecule has 2 amide bonds. The summed E-state index contributed by atoms with van der Waals surface area (Å²) in [6, 6.07) is 12.2. The molecular formula is C20H16ClN5O3. The monoisotopic (exact) mass is 409 g/mol. The summed E-state index contributed by atoms with van der Waals surface area (Å²) in [4.78, 5) is 28.5. The first-order valence-electron chi connectivity index (χ1n) is 8.73. The summed E-state index contributed by atoms with van der Waals surface area (Å²) in [6.45, 7) is 1.58. The standard InChI is InChI=1S/C20H16ClN5O3/c1-12-16-8-13(21)2-7-17(16)29-19(12)20(28)23-9-18(27)25-14-3-5-15(6-4-14)26-11-22-10-24-26/h2-8,10-11H,9H2,1H3,(H,23,28)(H,25,27). The molecule has 0 unspecified atom stereocenters. The predicted molar refractivity (Wildman–Crippen MR) is 108 cm³/mol. The van der Waals surface area contributed by atoms with Crippen LogP contribution in [0.1, 0.15) is 16.1 Å². The number of nitrogens with zero attached hydrogens (tertiary/aromatic N) is 3. The number of rotatable bonds is 5. The first-order chi connectivity index (χ1) is 14.0. The maximum Gasteiger partial charge on any atom is 0.287 e. The molecule has 0 radical (unpaired) electrons. The topological polar surface area (TPSA) is 102 Å². The van der Waals surface area contributed by atoms with Gasteiger partial charge in [0.2, 0.25) is 5.91 Å². The fourth-order valence-corrected chi connectivity index (χ4v) is 3.07. The molecule has 2 heterocycles. The van der Waals surface area contributed by atoms with Crippen molar-refractivity contribution in [3.8, 4) is 5.69 Å². The third kappa shape index (κ3) is 3.97. The third-order valence-corrected chi connectivity index (χ3v) is 4.58. The Bertz CT molecular complexity index is 1180. The van der Waals surface area contributed by atoms with Crippen molar-refractivity contribution in [2.24, 2.45) is 0 Å². The van der Waals surface area contributed by atoms with Gasteiger partial charge < -0.3 is 15.1 Å². The summed E-state index contributed by atoms with van der Waals surface area (Å²) < 4.78 is 7.20. The van der Waals surface area contributed by atoms with Gasteiger partial charge in [0, 0.05) is 21.7 Å². The van der Waals surface area contributed by atoms with Crippen molar-refractivity contribution in [1.82, 2.24) is 20.1 Å². The highest BCUT2D eigenvalue weighted by Gasteiger charge is 2.18. The summed E-state index contributed by atoms with van der Waals surface area (Å²) >= 11 is 5.99. The van der Waals surface area contributed by atoms with Crippen LogP contribution in [0.15, 0.2) is 59.5 Å².